The summed E-state index contributed by atoms with van der Waals surface area (Å²) in [6.45, 7) is 13.9. The Bertz CT molecular complexity index is 2470. The Hall–Kier alpha value is -5.53. The number of nitrogens with zero attached hydrogens (tertiary/aromatic N) is 3. The van der Waals surface area contributed by atoms with Crippen LogP contribution in [0.4, 0.5) is 5.13 Å². The van der Waals surface area contributed by atoms with Gasteiger partial charge in [0.05, 0.1) is 54.5 Å². The monoisotopic (exact) mass is 1010 g/mol. The summed E-state index contributed by atoms with van der Waals surface area (Å²) in [6.07, 6.45) is 6.15. The standard InChI is InChI=1S/C53H70N8O8S2/c1-9-41(34-13-11-10-12-14-34)57-49(64)42-28-37(31-61(42)51(66)46(53(4,5)6)58-47(62)33(3)54-7)56-36-17-21-39(22-18-36)69-38-19-15-35(16-20-38)48(63)59-52-55-30-45(71-52)70-44-29-40(43(67-8)27-32(44)2)50(65)60-23-25-68-26-24-60/h10-16,19-20,27,29-30,33,36-37,39,41-42,46,54,56H,9,17-18,21-26,28,31H2,1-8H3,(H,57,64)(H,58,62)(H,55,59,63)/t33-,36?,37-,39?,41+,42-,46+/m0/s1. The predicted octanol–water partition coefficient (Wildman–Crippen LogP) is 6.99. The Morgan fingerprint density at radius 3 is 2.30 bits per heavy atom. The van der Waals surface area contributed by atoms with Crippen molar-refractivity contribution in [1.82, 2.24) is 36.1 Å². The van der Waals surface area contributed by atoms with Crippen LogP contribution in [0.15, 0.2) is 82.0 Å². The van der Waals surface area contributed by atoms with E-state index in [2.05, 4.69) is 31.6 Å². The molecule has 3 heterocycles. The van der Waals surface area contributed by atoms with E-state index < -0.39 is 23.5 Å². The number of hydrogen-bond acceptors (Lipinski definition) is 13. The summed E-state index contributed by atoms with van der Waals surface area (Å²) in [4.78, 5) is 77.4. The number of benzene rings is 3. The molecule has 3 aliphatic rings. The van der Waals surface area contributed by atoms with Crippen molar-refractivity contribution in [3.05, 3.63) is 95.2 Å². The predicted molar refractivity (Wildman–Crippen MR) is 276 cm³/mol. The number of anilines is 1. The zero-order chi connectivity index (χ0) is 50.8. The maximum atomic E-state index is 14.5. The molecule has 16 nitrogen and oxygen atoms in total. The maximum Gasteiger partial charge on any atom is 0.257 e. The third kappa shape index (κ3) is 13.7. The Morgan fingerprint density at radius 2 is 1.65 bits per heavy atom. The molecule has 382 valence electrons. The summed E-state index contributed by atoms with van der Waals surface area (Å²) < 4.78 is 18.3. The van der Waals surface area contributed by atoms with Gasteiger partial charge in [-0.3, -0.25) is 29.3 Å². The molecule has 18 heteroatoms. The van der Waals surface area contributed by atoms with E-state index in [-0.39, 0.29) is 53.8 Å². The number of morpholine rings is 1. The lowest BCUT2D eigenvalue weighted by atomic mass is 9.85. The summed E-state index contributed by atoms with van der Waals surface area (Å²) in [7, 11) is 3.27. The van der Waals surface area contributed by atoms with Crippen LogP contribution in [0.25, 0.3) is 0 Å². The topological polar surface area (TPSA) is 193 Å². The number of methoxy groups -OCH3 is 1. The molecular weight excluding hydrogens is 941 g/mol. The number of likely N-dealkylation sites (tertiary alicyclic amines) is 1. The fraction of sp³-hybridized carbons (Fsp3) is 0.509. The number of carbonyl (C=O) groups is 5. The first kappa shape index (κ1) is 53.3. The van der Waals surface area contributed by atoms with E-state index in [4.69, 9.17) is 14.2 Å². The SMILES string of the molecule is CC[C@@H](NC(=O)[C@@H]1C[C@H](NC2CCC(Oc3ccc(C(=O)Nc4ncc(Sc5cc(C(=O)N6CCOCC6)c(OC)cc5C)s4)cc3)CC2)CN1C(=O)[C@@H](NC(=O)[C@H](C)NC)C(C)(C)C)c1ccccc1. The third-order valence-electron chi connectivity index (χ3n) is 13.5. The van der Waals surface area contributed by atoms with Gasteiger partial charge in [0.1, 0.15) is 23.6 Å². The van der Waals surface area contributed by atoms with Crippen molar-refractivity contribution in [2.24, 2.45) is 5.41 Å². The Balaban J connectivity index is 0.921. The van der Waals surface area contributed by atoms with Crippen LogP contribution in [0.1, 0.15) is 111 Å². The van der Waals surface area contributed by atoms with Crippen molar-refractivity contribution < 1.29 is 38.2 Å². The lowest BCUT2D eigenvalue weighted by Gasteiger charge is -2.36. The molecule has 4 aromatic rings. The molecule has 71 heavy (non-hydrogen) atoms. The molecule has 0 bridgehead atoms. The number of rotatable bonds is 18. The largest absolute Gasteiger partial charge is 0.496 e. The summed E-state index contributed by atoms with van der Waals surface area (Å²) >= 11 is 2.83. The number of aryl methyl sites for hydroxylation is 1. The van der Waals surface area contributed by atoms with Crippen molar-refractivity contribution in [1.29, 1.82) is 0 Å². The Kier molecular flexibility index (Phi) is 18.2. The number of ether oxygens (including phenoxy) is 3. The quantitative estimate of drug-likeness (QED) is 0.0688. The van der Waals surface area contributed by atoms with Crippen LogP contribution in [0.3, 0.4) is 0 Å². The molecule has 0 radical (unpaired) electrons. The molecule has 1 saturated carbocycles. The van der Waals surface area contributed by atoms with Gasteiger partial charge in [-0.1, -0.05) is 81.1 Å². The van der Waals surface area contributed by atoms with E-state index in [0.717, 1.165) is 45.9 Å². The first-order valence-corrected chi connectivity index (χ1v) is 26.3. The molecule has 5 N–H and O–H groups in total. The summed E-state index contributed by atoms with van der Waals surface area (Å²) in [6, 6.07) is 18.5. The smallest absolute Gasteiger partial charge is 0.257 e. The first-order chi connectivity index (χ1) is 34.0. The highest BCUT2D eigenvalue weighted by molar-refractivity contribution is 8.01. The summed E-state index contributed by atoms with van der Waals surface area (Å²) in [5.41, 5.74) is 2.31. The Morgan fingerprint density at radius 1 is 0.944 bits per heavy atom. The van der Waals surface area contributed by atoms with Gasteiger partial charge in [-0.05, 0) is 112 Å². The zero-order valence-corrected chi connectivity index (χ0v) is 43.8. The van der Waals surface area contributed by atoms with Gasteiger partial charge in [0.25, 0.3) is 11.8 Å². The lowest BCUT2D eigenvalue weighted by Crippen LogP contribution is -2.59. The van der Waals surface area contributed by atoms with Crippen LogP contribution in [0, 0.1) is 12.3 Å². The minimum atomic E-state index is -0.839. The number of aromatic nitrogens is 1. The second-order valence-electron chi connectivity index (χ2n) is 19.7. The molecule has 2 saturated heterocycles. The average molecular weight is 1010 g/mol. The van der Waals surface area contributed by atoms with Crippen molar-refractivity contribution in [2.45, 2.75) is 132 Å². The van der Waals surface area contributed by atoms with Crippen LogP contribution in [-0.4, -0.2) is 128 Å². The minimum Gasteiger partial charge on any atom is -0.496 e. The maximum absolute atomic E-state index is 14.5. The van der Waals surface area contributed by atoms with Gasteiger partial charge in [0.2, 0.25) is 17.7 Å². The molecular formula is C53H70N8O8S2. The van der Waals surface area contributed by atoms with Gasteiger partial charge in [0.15, 0.2) is 5.13 Å². The highest BCUT2D eigenvalue weighted by Gasteiger charge is 2.46. The van der Waals surface area contributed by atoms with Crippen molar-refractivity contribution in [2.75, 3.05) is 52.3 Å². The van der Waals surface area contributed by atoms with Crippen molar-refractivity contribution in [3.8, 4) is 11.5 Å². The van der Waals surface area contributed by atoms with E-state index >= 15 is 0 Å². The molecule has 7 rings (SSSR count). The average Bonchev–Trinajstić information content (AvgIpc) is 4.02. The molecule has 2 aliphatic heterocycles. The zero-order valence-electron chi connectivity index (χ0n) is 42.2. The second kappa shape index (κ2) is 24.3. The van der Waals surface area contributed by atoms with Crippen molar-refractivity contribution in [3.63, 3.8) is 0 Å². The fourth-order valence-corrected chi connectivity index (χ4v) is 11.2. The lowest BCUT2D eigenvalue weighted by molar-refractivity contribution is -0.144. The van der Waals surface area contributed by atoms with Gasteiger partial charge in [-0.25, -0.2) is 4.98 Å². The van der Waals surface area contributed by atoms with Crippen molar-refractivity contribution >= 4 is 57.8 Å². The van der Waals surface area contributed by atoms with Gasteiger partial charge in [-0.2, -0.15) is 0 Å². The second-order valence-corrected chi connectivity index (χ2v) is 22.1. The molecule has 0 unspecified atom stereocenters. The molecule has 1 aliphatic carbocycles. The van der Waals surface area contributed by atoms with E-state index in [1.807, 2.05) is 89.2 Å². The molecule has 5 atom stereocenters. The van der Waals surface area contributed by atoms with Gasteiger partial charge in [0, 0.05) is 42.2 Å². The van der Waals surface area contributed by atoms with E-state index in [1.54, 1.807) is 49.2 Å². The number of thiazole rings is 1. The highest BCUT2D eigenvalue weighted by Crippen LogP contribution is 2.39. The number of amides is 5. The van der Waals surface area contributed by atoms with Gasteiger partial charge >= 0.3 is 0 Å². The number of nitrogens with one attached hydrogen (secondary N) is 5. The molecule has 5 amide bonds. The number of carbonyl (C=O) groups excluding carboxylic acids is 5. The van der Waals surface area contributed by atoms with E-state index in [0.29, 0.717) is 73.4 Å². The molecule has 3 fully saturated rings. The normalized spacial score (nSPS) is 20.6. The highest BCUT2D eigenvalue weighted by atomic mass is 32.2. The van der Waals surface area contributed by atoms with Crippen LogP contribution in [0.5, 0.6) is 11.5 Å². The van der Waals surface area contributed by atoms with Crippen LogP contribution < -0.4 is 36.1 Å². The summed E-state index contributed by atoms with van der Waals surface area (Å²) in [5.74, 6) is 0.0667. The number of likely N-dealkylation sites (N-methyl/N-ethyl adjacent to an activating group) is 1. The first-order valence-electron chi connectivity index (χ1n) is 24.7. The Labute approximate surface area is 426 Å². The van der Waals surface area contributed by atoms with Crippen LogP contribution in [-0.2, 0) is 19.1 Å². The molecule has 0 spiro atoms. The molecule has 1 aromatic heterocycles. The molecule has 3 aromatic carbocycles. The third-order valence-corrected chi connectivity index (χ3v) is 15.7. The van der Waals surface area contributed by atoms with E-state index in [1.165, 1.54) is 23.1 Å². The van der Waals surface area contributed by atoms with Gasteiger partial charge < -0.3 is 45.3 Å². The van der Waals surface area contributed by atoms with E-state index in [9.17, 15) is 24.0 Å². The number of hydrogen-bond donors (Lipinski definition) is 5. The summed E-state index contributed by atoms with van der Waals surface area (Å²) in [5, 5.41) is 16.4. The van der Waals surface area contributed by atoms with Crippen LogP contribution in [0.2, 0.25) is 0 Å². The van der Waals surface area contributed by atoms with Gasteiger partial charge in [-0.15, -0.1) is 0 Å². The van der Waals surface area contributed by atoms with Crippen LogP contribution >= 0.6 is 23.1 Å². The minimum absolute atomic E-state index is 0.0119. The fourth-order valence-electron chi connectivity index (χ4n) is 9.28.